The molecule has 1 aromatic carbocycles. The van der Waals surface area contributed by atoms with Crippen molar-refractivity contribution in [3.05, 3.63) is 29.8 Å². The number of hydrogen-bond donors (Lipinski definition) is 2. The monoisotopic (exact) mass is 274 g/mol. The van der Waals surface area contributed by atoms with E-state index in [1.807, 2.05) is 0 Å². The van der Waals surface area contributed by atoms with Gasteiger partial charge in [0.1, 0.15) is 12.6 Å². The Morgan fingerprint density at radius 3 is 2.56 bits per heavy atom. The minimum Gasteiger partial charge on any atom is -0.375 e. The molecule has 0 radical (unpaired) electrons. The summed E-state index contributed by atoms with van der Waals surface area (Å²) in [6.45, 7) is -0.663. The standard InChI is InChI=1S/C12H16ClFN2O2/c1-18-12(10(15)7-14)8-2-4-9(5-3-8)16-11(17)6-13/h2-5,10,12H,6-7,15H2,1H3,(H,16,17). The lowest BCUT2D eigenvalue weighted by molar-refractivity contribution is -0.113. The van der Waals surface area contributed by atoms with E-state index in [1.54, 1.807) is 24.3 Å². The van der Waals surface area contributed by atoms with Crippen LogP contribution in [0.25, 0.3) is 0 Å². The molecule has 0 fully saturated rings. The van der Waals surface area contributed by atoms with E-state index in [0.29, 0.717) is 5.69 Å². The zero-order valence-corrected chi connectivity index (χ0v) is 10.8. The van der Waals surface area contributed by atoms with Crippen LogP contribution in [0, 0.1) is 0 Å². The number of amides is 1. The second kappa shape index (κ2) is 7.31. The minimum atomic E-state index is -0.710. The number of methoxy groups -OCH3 is 1. The number of carbonyl (C=O) groups is 1. The van der Waals surface area contributed by atoms with Crippen molar-refractivity contribution in [2.24, 2.45) is 5.73 Å². The smallest absolute Gasteiger partial charge is 0.239 e. The minimum absolute atomic E-state index is 0.102. The maximum Gasteiger partial charge on any atom is 0.239 e. The van der Waals surface area contributed by atoms with E-state index in [9.17, 15) is 9.18 Å². The van der Waals surface area contributed by atoms with Crippen LogP contribution in [0.15, 0.2) is 24.3 Å². The van der Waals surface area contributed by atoms with Gasteiger partial charge in [-0.2, -0.15) is 0 Å². The number of benzene rings is 1. The lowest BCUT2D eigenvalue weighted by Gasteiger charge is -2.20. The summed E-state index contributed by atoms with van der Waals surface area (Å²) in [6, 6.07) is 6.13. The van der Waals surface area contributed by atoms with E-state index < -0.39 is 18.8 Å². The molecule has 0 saturated heterocycles. The van der Waals surface area contributed by atoms with Crippen molar-refractivity contribution in [3.63, 3.8) is 0 Å². The quantitative estimate of drug-likeness (QED) is 0.778. The van der Waals surface area contributed by atoms with Gasteiger partial charge in [-0.3, -0.25) is 4.79 Å². The number of halogens is 2. The largest absolute Gasteiger partial charge is 0.375 e. The fourth-order valence-corrected chi connectivity index (χ4v) is 1.66. The molecule has 1 rings (SSSR count). The summed E-state index contributed by atoms with van der Waals surface area (Å²) in [5.41, 5.74) is 6.99. The molecule has 0 heterocycles. The number of hydrogen-bond acceptors (Lipinski definition) is 3. The summed E-state index contributed by atoms with van der Waals surface area (Å²) in [7, 11) is 1.48. The van der Waals surface area contributed by atoms with Crippen LogP contribution in [0.1, 0.15) is 11.7 Å². The van der Waals surface area contributed by atoms with Gasteiger partial charge in [-0.05, 0) is 17.7 Å². The molecular formula is C12H16ClFN2O2. The van der Waals surface area contributed by atoms with Gasteiger partial charge in [0, 0.05) is 12.8 Å². The van der Waals surface area contributed by atoms with Crippen molar-refractivity contribution in [1.29, 1.82) is 0 Å². The molecule has 100 valence electrons. The second-order valence-electron chi connectivity index (χ2n) is 3.78. The maximum absolute atomic E-state index is 12.5. The highest BCUT2D eigenvalue weighted by molar-refractivity contribution is 6.29. The highest BCUT2D eigenvalue weighted by Crippen LogP contribution is 2.21. The molecule has 4 nitrogen and oxygen atoms in total. The van der Waals surface area contributed by atoms with Gasteiger partial charge in [-0.1, -0.05) is 12.1 Å². The van der Waals surface area contributed by atoms with E-state index in [2.05, 4.69) is 5.32 Å². The summed E-state index contributed by atoms with van der Waals surface area (Å²) < 4.78 is 17.7. The first-order valence-electron chi connectivity index (χ1n) is 5.42. The Kier molecular flexibility index (Phi) is 6.04. The molecule has 0 saturated carbocycles. The fourth-order valence-electron chi connectivity index (χ4n) is 1.59. The lowest BCUT2D eigenvalue weighted by Crippen LogP contribution is -2.31. The molecular weight excluding hydrogens is 259 g/mol. The van der Waals surface area contributed by atoms with Crippen molar-refractivity contribution in [2.45, 2.75) is 12.1 Å². The molecule has 1 amide bonds. The summed E-state index contributed by atoms with van der Waals surface area (Å²) >= 11 is 5.38. The molecule has 6 heteroatoms. The number of alkyl halides is 2. The van der Waals surface area contributed by atoms with Crippen LogP contribution < -0.4 is 11.1 Å². The molecule has 0 aliphatic heterocycles. The number of carbonyl (C=O) groups excluding carboxylic acids is 1. The topological polar surface area (TPSA) is 64.3 Å². The summed E-state index contributed by atoms with van der Waals surface area (Å²) in [5, 5.41) is 2.60. The Labute approximate surface area is 110 Å². The van der Waals surface area contributed by atoms with Crippen LogP contribution in [-0.2, 0) is 9.53 Å². The van der Waals surface area contributed by atoms with Crippen LogP contribution in [0.5, 0.6) is 0 Å². The van der Waals surface area contributed by atoms with E-state index >= 15 is 0 Å². The second-order valence-corrected chi connectivity index (χ2v) is 4.05. The zero-order chi connectivity index (χ0) is 13.5. The van der Waals surface area contributed by atoms with E-state index in [1.165, 1.54) is 7.11 Å². The molecule has 0 aliphatic rings. The van der Waals surface area contributed by atoms with Gasteiger partial charge in [-0.25, -0.2) is 4.39 Å². The molecule has 0 aliphatic carbocycles. The predicted molar refractivity (Wildman–Crippen MR) is 69.5 cm³/mol. The fraction of sp³-hybridized carbons (Fsp3) is 0.417. The molecule has 3 N–H and O–H groups in total. The van der Waals surface area contributed by atoms with Crippen LogP contribution in [0.2, 0.25) is 0 Å². The third kappa shape index (κ3) is 3.94. The molecule has 1 aromatic rings. The van der Waals surface area contributed by atoms with Gasteiger partial charge < -0.3 is 15.8 Å². The van der Waals surface area contributed by atoms with Gasteiger partial charge in [0.2, 0.25) is 5.91 Å². The zero-order valence-electron chi connectivity index (χ0n) is 10.0. The highest BCUT2D eigenvalue weighted by atomic mass is 35.5. The van der Waals surface area contributed by atoms with Gasteiger partial charge in [0.15, 0.2) is 0 Å². The summed E-state index contributed by atoms with van der Waals surface area (Å²) in [5.74, 6) is -0.386. The molecule has 0 spiro atoms. The van der Waals surface area contributed by atoms with Crippen molar-refractivity contribution in [2.75, 3.05) is 25.0 Å². The number of nitrogens with one attached hydrogen (secondary N) is 1. The highest BCUT2D eigenvalue weighted by Gasteiger charge is 2.19. The molecule has 2 atom stereocenters. The van der Waals surface area contributed by atoms with Gasteiger partial charge in [0.05, 0.1) is 12.1 Å². The Morgan fingerprint density at radius 2 is 2.11 bits per heavy atom. The molecule has 0 aromatic heterocycles. The average molecular weight is 275 g/mol. The first kappa shape index (κ1) is 14.9. The van der Waals surface area contributed by atoms with Gasteiger partial charge in [-0.15, -0.1) is 11.6 Å². The Balaban J connectivity index is 2.77. The van der Waals surface area contributed by atoms with Crippen molar-refractivity contribution in [1.82, 2.24) is 0 Å². The number of ether oxygens (including phenoxy) is 1. The Morgan fingerprint density at radius 1 is 1.50 bits per heavy atom. The third-order valence-corrected chi connectivity index (χ3v) is 2.71. The first-order valence-corrected chi connectivity index (χ1v) is 5.96. The van der Waals surface area contributed by atoms with E-state index in [4.69, 9.17) is 22.1 Å². The van der Waals surface area contributed by atoms with E-state index in [0.717, 1.165) is 5.56 Å². The van der Waals surface area contributed by atoms with Crippen molar-refractivity contribution >= 4 is 23.2 Å². The average Bonchev–Trinajstić information content (AvgIpc) is 2.41. The Bertz CT molecular complexity index is 386. The lowest BCUT2D eigenvalue weighted by atomic mass is 10.0. The molecule has 0 bridgehead atoms. The number of anilines is 1. The predicted octanol–water partition coefficient (Wildman–Crippen LogP) is 1.85. The van der Waals surface area contributed by atoms with Crippen LogP contribution in [-0.4, -0.2) is 31.6 Å². The maximum atomic E-state index is 12.5. The number of nitrogens with two attached hydrogens (primary N) is 1. The summed E-state index contributed by atoms with van der Waals surface area (Å²) in [6.07, 6.45) is -0.507. The third-order valence-electron chi connectivity index (χ3n) is 2.47. The van der Waals surface area contributed by atoms with Gasteiger partial charge in [0.25, 0.3) is 0 Å². The first-order chi connectivity index (χ1) is 8.62. The van der Waals surface area contributed by atoms with Crippen molar-refractivity contribution in [3.8, 4) is 0 Å². The van der Waals surface area contributed by atoms with Gasteiger partial charge >= 0.3 is 0 Å². The van der Waals surface area contributed by atoms with Crippen LogP contribution >= 0.6 is 11.6 Å². The summed E-state index contributed by atoms with van der Waals surface area (Å²) in [4.78, 5) is 11.1. The van der Waals surface area contributed by atoms with E-state index in [-0.39, 0.29) is 11.8 Å². The molecule has 18 heavy (non-hydrogen) atoms. The SMILES string of the molecule is COC(c1ccc(NC(=O)CCl)cc1)C(N)CF. The Hall–Kier alpha value is -1.17. The van der Waals surface area contributed by atoms with Crippen LogP contribution in [0.4, 0.5) is 10.1 Å². The number of rotatable bonds is 6. The normalized spacial score (nSPS) is 14.0. The van der Waals surface area contributed by atoms with Crippen molar-refractivity contribution < 1.29 is 13.9 Å². The van der Waals surface area contributed by atoms with Crippen LogP contribution in [0.3, 0.4) is 0 Å². The molecule has 2 unspecified atom stereocenters.